The average molecular weight is 805 g/mol. The van der Waals surface area contributed by atoms with Crippen molar-refractivity contribution in [2.45, 2.75) is 53.3 Å². The summed E-state index contributed by atoms with van der Waals surface area (Å²) in [5.41, 5.74) is 6.05. The van der Waals surface area contributed by atoms with E-state index in [1.807, 2.05) is 57.1 Å². The van der Waals surface area contributed by atoms with Crippen molar-refractivity contribution in [3.05, 3.63) is 69.2 Å². The third-order valence-corrected chi connectivity index (χ3v) is 10.8. The summed E-state index contributed by atoms with van der Waals surface area (Å²) in [6.07, 6.45) is 5.79. The standard InChI is InChI=1S/C33H43Cl2N5O10S2/c1-6-36-50-52(45,46)17-11-15-40-28-19-24(33(41)47-4)26(35)21-30(28)38(8-3)32(40)13-9-12-31-37(7-2)29-20-25(34)23(22-49-48-5)18-27(29)39(31)14-10-16-51(42,43)44/h9,12-13,18-21,36H,6-8,10-11,14-17,22H2,1-5H3. The van der Waals surface area contributed by atoms with Crippen molar-refractivity contribution < 1.29 is 49.5 Å². The molecule has 0 amide bonds. The van der Waals surface area contributed by atoms with E-state index in [2.05, 4.69) is 5.48 Å². The van der Waals surface area contributed by atoms with Gasteiger partial charge in [-0.25, -0.2) is 32.1 Å². The van der Waals surface area contributed by atoms with Crippen LogP contribution in [0.25, 0.3) is 17.1 Å². The lowest BCUT2D eigenvalue weighted by Gasteiger charge is -2.24. The first-order valence-corrected chi connectivity index (χ1v) is 20.4. The highest BCUT2D eigenvalue weighted by Gasteiger charge is 2.32. The summed E-state index contributed by atoms with van der Waals surface area (Å²) < 4.78 is 73.1. The Hall–Kier alpha value is -3.26. The van der Waals surface area contributed by atoms with Crippen molar-refractivity contribution in [2.24, 2.45) is 0 Å². The van der Waals surface area contributed by atoms with Crippen LogP contribution in [0.5, 0.6) is 0 Å². The number of nitrogens with one attached hydrogen (secondary N) is 1. The number of halogens is 2. The molecule has 0 spiro atoms. The van der Waals surface area contributed by atoms with Crippen LogP contribution < -0.4 is 19.8 Å². The summed E-state index contributed by atoms with van der Waals surface area (Å²) in [5.74, 6) is -0.0424. The lowest BCUT2D eigenvalue weighted by molar-refractivity contribution is -0.673. The Kier molecular flexibility index (Phi) is 14.5. The second-order valence-electron chi connectivity index (χ2n) is 11.5. The van der Waals surface area contributed by atoms with E-state index >= 15 is 0 Å². The second-order valence-corrected chi connectivity index (χ2v) is 15.5. The molecule has 0 aliphatic carbocycles. The molecule has 15 nitrogen and oxygen atoms in total. The minimum atomic E-state index is -4.44. The number of fused-ring (bicyclic) bond motifs is 2. The summed E-state index contributed by atoms with van der Waals surface area (Å²) in [6, 6.07) is 6.95. The second kappa shape index (κ2) is 18.2. The zero-order valence-electron chi connectivity index (χ0n) is 29.6. The number of aromatic nitrogens is 2. The van der Waals surface area contributed by atoms with Gasteiger partial charge in [-0.05, 0) is 38.5 Å². The minimum absolute atomic E-state index is 0.0717. The number of carbonyl (C=O) groups is 1. The maximum Gasteiger partial charge on any atom is 0.339 e. The molecular formula is C33H43Cl2N5O10S2. The number of imidazole rings is 1. The Morgan fingerprint density at radius 2 is 1.69 bits per heavy atom. The van der Waals surface area contributed by atoms with Crippen molar-refractivity contribution in [3.63, 3.8) is 0 Å². The molecule has 0 unspecified atom stereocenters. The third-order valence-electron chi connectivity index (χ3n) is 8.22. The maximum absolute atomic E-state index is 12.6. The normalized spacial score (nSPS) is 14.3. The van der Waals surface area contributed by atoms with Crippen molar-refractivity contribution in [2.75, 3.05) is 55.2 Å². The van der Waals surface area contributed by atoms with Gasteiger partial charge in [-0.3, -0.25) is 0 Å². The molecule has 1 aliphatic rings. The van der Waals surface area contributed by atoms with Gasteiger partial charge in [0.05, 0.1) is 65.1 Å². The van der Waals surface area contributed by atoms with E-state index in [0.717, 1.165) is 11.4 Å². The van der Waals surface area contributed by atoms with E-state index in [0.29, 0.717) is 52.9 Å². The van der Waals surface area contributed by atoms with Crippen LogP contribution in [0.1, 0.15) is 55.4 Å². The Morgan fingerprint density at radius 1 is 0.962 bits per heavy atom. The van der Waals surface area contributed by atoms with Crippen LogP contribution in [-0.2, 0) is 58.7 Å². The lowest BCUT2D eigenvalue weighted by Crippen LogP contribution is -2.38. The number of nitrogens with zero attached hydrogens (tertiary/aromatic N) is 4. The first-order valence-electron chi connectivity index (χ1n) is 16.5. The molecule has 52 heavy (non-hydrogen) atoms. The number of esters is 1. The zero-order chi connectivity index (χ0) is 38.2. The largest absolute Gasteiger partial charge is 0.748 e. The quantitative estimate of drug-likeness (QED) is 0.0590. The lowest BCUT2D eigenvalue weighted by atomic mass is 10.1. The molecule has 19 heteroatoms. The summed E-state index contributed by atoms with van der Waals surface area (Å²) in [7, 11) is -5.65. The highest BCUT2D eigenvalue weighted by atomic mass is 35.5. The number of carbonyl (C=O) groups excluding carboxylic acids is 1. The number of ether oxygens (including phenoxy) is 1. The molecule has 0 atom stereocenters. The number of rotatable bonds is 19. The topological polar surface area (TPSA) is 173 Å². The van der Waals surface area contributed by atoms with Crippen LogP contribution in [0.3, 0.4) is 0 Å². The Morgan fingerprint density at radius 3 is 2.33 bits per heavy atom. The predicted molar refractivity (Wildman–Crippen MR) is 197 cm³/mol. The molecule has 0 bridgehead atoms. The van der Waals surface area contributed by atoms with Gasteiger partial charge >= 0.3 is 5.97 Å². The first-order chi connectivity index (χ1) is 24.7. The maximum atomic E-state index is 12.6. The molecule has 1 aliphatic heterocycles. The van der Waals surface area contributed by atoms with E-state index in [9.17, 15) is 26.2 Å². The molecule has 286 valence electrons. The van der Waals surface area contributed by atoms with Crippen molar-refractivity contribution in [1.82, 2.24) is 10.0 Å². The molecule has 1 N–H and O–H groups in total. The molecule has 3 aromatic rings. The third kappa shape index (κ3) is 9.83. The van der Waals surface area contributed by atoms with Crippen molar-refractivity contribution in [3.8, 4) is 0 Å². The molecule has 4 rings (SSSR count). The van der Waals surface area contributed by atoms with Crippen LogP contribution in [0, 0.1) is 0 Å². The Bertz CT molecular complexity index is 2050. The fourth-order valence-corrected chi connectivity index (χ4v) is 7.79. The van der Waals surface area contributed by atoms with Gasteiger partial charge in [-0.2, -0.15) is 18.2 Å². The SMILES string of the molecule is CCNOS(=O)(=O)CCC[n+]1c(/C=C/C=C2\N(CC)c3cc(Cl)c(COOC)cc3N2CCCS(=O)(=O)[O-])n(CC)c2cc(Cl)c(C(=O)OC)cc21. The van der Waals surface area contributed by atoms with Gasteiger partial charge in [-0.15, -0.1) is 0 Å². The van der Waals surface area contributed by atoms with E-state index < -0.39 is 32.0 Å². The van der Waals surface area contributed by atoms with Gasteiger partial charge in [0.15, 0.2) is 11.0 Å². The highest BCUT2D eigenvalue weighted by molar-refractivity contribution is 7.86. The molecule has 0 saturated heterocycles. The van der Waals surface area contributed by atoms with E-state index in [-0.39, 0.29) is 48.9 Å². The number of methoxy groups -OCH3 is 1. The van der Waals surface area contributed by atoms with Gasteiger partial charge in [0.25, 0.3) is 15.9 Å². The number of hydroxylamine groups is 1. The summed E-state index contributed by atoms with van der Waals surface area (Å²) >= 11 is 13.2. The molecule has 0 fully saturated rings. The molecule has 2 aromatic carbocycles. The van der Waals surface area contributed by atoms with E-state index in [1.165, 1.54) is 14.2 Å². The van der Waals surface area contributed by atoms with Gasteiger partial charge in [0.2, 0.25) is 0 Å². The molecule has 2 heterocycles. The number of aryl methyl sites for hydroxylation is 2. The number of anilines is 2. The van der Waals surface area contributed by atoms with Crippen LogP contribution >= 0.6 is 23.2 Å². The van der Waals surface area contributed by atoms with Gasteiger partial charge in [0, 0.05) is 60.6 Å². The van der Waals surface area contributed by atoms with Crippen LogP contribution in [-0.4, -0.2) is 77.3 Å². The summed E-state index contributed by atoms with van der Waals surface area (Å²) in [4.78, 5) is 26.4. The number of benzene rings is 2. The first kappa shape index (κ1) is 41.5. The van der Waals surface area contributed by atoms with E-state index in [1.54, 1.807) is 25.1 Å². The van der Waals surface area contributed by atoms with Crippen molar-refractivity contribution >= 4 is 77.9 Å². The van der Waals surface area contributed by atoms with Gasteiger partial charge < -0.3 is 19.1 Å². The van der Waals surface area contributed by atoms with E-state index in [4.69, 9.17) is 42.0 Å². The molecule has 1 aromatic heterocycles. The molecule has 0 saturated carbocycles. The fraction of sp³-hybridized carbons (Fsp3) is 0.455. The van der Waals surface area contributed by atoms with Gasteiger partial charge in [-0.1, -0.05) is 36.2 Å². The average Bonchev–Trinajstić information content (AvgIpc) is 3.54. The predicted octanol–water partition coefficient (Wildman–Crippen LogP) is 4.52. The number of allylic oxidation sites excluding steroid dienone is 2. The minimum Gasteiger partial charge on any atom is -0.748 e. The Balaban J connectivity index is 1.83. The van der Waals surface area contributed by atoms with Crippen LogP contribution in [0.15, 0.2) is 42.2 Å². The summed E-state index contributed by atoms with van der Waals surface area (Å²) in [5, 5.41) is 0.648. The highest BCUT2D eigenvalue weighted by Crippen LogP contribution is 2.44. The Labute approximate surface area is 314 Å². The fourth-order valence-electron chi connectivity index (χ4n) is 6.00. The van der Waals surface area contributed by atoms with Crippen LogP contribution in [0.4, 0.5) is 11.4 Å². The zero-order valence-corrected chi connectivity index (χ0v) is 32.7. The molecular weight excluding hydrogens is 761 g/mol. The smallest absolute Gasteiger partial charge is 0.339 e. The van der Waals surface area contributed by atoms with Gasteiger partial charge in [0.1, 0.15) is 12.4 Å². The van der Waals surface area contributed by atoms with Crippen LogP contribution in [0.2, 0.25) is 10.0 Å². The number of hydrogen-bond acceptors (Lipinski definition) is 13. The number of hydrogen-bond donors (Lipinski definition) is 1. The molecule has 0 radical (unpaired) electrons. The summed E-state index contributed by atoms with van der Waals surface area (Å²) in [6.45, 7) is 7.49. The monoisotopic (exact) mass is 803 g/mol. The van der Waals surface area contributed by atoms with Crippen molar-refractivity contribution in [1.29, 1.82) is 0 Å².